The lowest BCUT2D eigenvalue weighted by molar-refractivity contribution is -0.385. The van der Waals surface area contributed by atoms with E-state index in [1.165, 1.54) is 25.4 Å². The molecule has 0 saturated heterocycles. The minimum Gasteiger partial charge on any atom is -0.268 e. The summed E-state index contributed by atoms with van der Waals surface area (Å²) >= 11 is 0.852. The first-order valence-corrected chi connectivity index (χ1v) is 6.06. The number of nitrogens with one attached hydrogen (secondary N) is 1. The number of thiophene rings is 1. The van der Waals surface area contributed by atoms with E-state index in [0.717, 1.165) is 22.2 Å². The highest BCUT2D eigenvalue weighted by Gasteiger charge is 2.24. The van der Waals surface area contributed by atoms with Crippen molar-refractivity contribution in [3.8, 4) is 0 Å². The molecular formula is C10H8FN5O3S. The van der Waals surface area contributed by atoms with Gasteiger partial charge in [0.05, 0.1) is 16.0 Å². The van der Waals surface area contributed by atoms with E-state index in [1.54, 1.807) is 0 Å². The molecule has 0 spiro atoms. The second-order valence-electron chi connectivity index (χ2n) is 3.63. The summed E-state index contributed by atoms with van der Waals surface area (Å²) in [4.78, 5) is 22.2. The lowest BCUT2D eigenvalue weighted by atomic mass is 10.3. The second kappa shape index (κ2) is 5.57. The third kappa shape index (κ3) is 3.03. The molecule has 1 amide bonds. The van der Waals surface area contributed by atoms with Gasteiger partial charge >= 0.3 is 5.69 Å². The van der Waals surface area contributed by atoms with E-state index in [0.29, 0.717) is 4.88 Å². The molecular weight excluding hydrogens is 289 g/mol. The van der Waals surface area contributed by atoms with Crippen molar-refractivity contribution in [2.24, 2.45) is 12.1 Å². The van der Waals surface area contributed by atoms with Crippen molar-refractivity contribution < 1.29 is 14.1 Å². The monoisotopic (exact) mass is 297 g/mol. The van der Waals surface area contributed by atoms with Crippen LogP contribution in [0.2, 0.25) is 0 Å². The summed E-state index contributed by atoms with van der Waals surface area (Å²) in [6.07, 6.45) is 2.35. The highest BCUT2D eigenvalue weighted by Crippen LogP contribution is 2.15. The summed E-state index contributed by atoms with van der Waals surface area (Å²) in [5, 5.41) is 17.6. The number of halogens is 1. The van der Waals surface area contributed by atoms with Crippen LogP contribution in [0.15, 0.2) is 23.4 Å². The Hall–Kier alpha value is -2.62. The molecule has 0 radical (unpaired) electrons. The molecule has 0 atom stereocenters. The van der Waals surface area contributed by atoms with E-state index in [2.05, 4.69) is 15.6 Å². The van der Waals surface area contributed by atoms with E-state index in [1.807, 2.05) is 0 Å². The van der Waals surface area contributed by atoms with Crippen molar-refractivity contribution in [2.75, 3.05) is 0 Å². The van der Waals surface area contributed by atoms with Crippen molar-refractivity contribution in [3.05, 3.63) is 44.1 Å². The number of hydrogen-bond acceptors (Lipinski definition) is 6. The van der Waals surface area contributed by atoms with Crippen LogP contribution in [0.5, 0.6) is 0 Å². The van der Waals surface area contributed by atoms with Crippen LogP contribution < -0.4 is 5.43 Å². The van der Waals surface area contributed by atoms with Gasteiger partial charge in [0.25, 0.3) is 5.91 Å². The van der Waals surface area contributed by atoms with Gasteiger partial charge in [-0.2, -0.15) is 14.6 Å². The van der Waals surface area contributed by atoms with Crippen LogP contribution in [0.25, 0.3) is 0 Å². The Balaban J connectivity index is 2.09. The third-order valence-electron chi connectivity index (χ3n) is 2.17. The zero-order valence-electron chi connectivity index (χ0n) is 10.1. The van der Waals surface area contributed by atoms with Crippen molar-refractivity contribution in [3.63, 3.8) is 0 Å². The van der Waals surface area contributed by atoms with Gasteiger partial charge < -0.3 is 0 Å². The highest BCUT2D eigenvalue weighted by atomic mass is 32.1. The molecule has 0 aliphatic rings. The van der Waals surface area contributed by atoms with Crippen LogP contribution in [0.1, 0.15) is 15.4 Å². The van der Waals surface area contributed by atoms with Gasteiger partial charge in [0.1, 0.15) is 6.20 Å². The predicted molar refractivity (Wildman–Crippen MR) is 69.2 cm³/mol. The molecule has 104 valence electrons. The SMILES string of the molecule is Cn1cc([N+](=O)[O-])c(C(=O)N/N=C/c2ccc(F)s2)n1. The smallest absolute Gasteiger partial charge is 0.268 e. The molecule has 0 saturated carbocycles. The van der Waals surface area contributed by atoms with Gasteiger partial charge in [-0.1, -0.05) is 0 Å². The molecule has 2 aromatic rings. The van der Waals surface area contributed by atoms with Gasteiger partial charge in [0, 0.05) is 7.05 Å². The second-order valence-corrected chi connectivity index (χ2v) is 4.70. The summed E-state index contributed by atoms with van der Waals surface area (Å²) < 4.78 is 13.9. The molecule has 0 aromatic carbocycles. The van der Waals surface area contributed by atoms with Gasteiger partial charge in [-0.05, 0) is 12.1 Å². The standard InChI is InChI=1S/C10H8FN5O3S/c1-15-5-7(16(18)19)9(14-15)10(17)13-12-4-6-2-3-8(11)20-6/h2-5H,1H3,(H,13,17)/b12-4+. The Labute approximate surface area is 115 Å². The quantitative estimate of drug-likeness (QED) is 0.522. The van der Waals surface area contributed by atoms with E-state index in [4.69, 9.17) is 0 Å². The average molecular weight is 297 g/mol. The topological polar surface area (TPSA) is 102 Å². The Kier molecular flexibility index (Phi) is 3.84. The largest absolute Gasteiger partial charge is 0.320 e. The number of nitrogens with zero attached hydrogens (tertiary/aromatic N) is 4. The highest BCUT2D eigenvalue weighted by molar-refractivity contribution is 7.12. The van der Waals surface area contributed by atoms with Gasteiger partial charge in [0.2, 0.25) is 5.69 Å². The minimum atomic E-state index is -0.814. The Bertz CT molecular complexity index is 693. The van der Waals surface area contributed by atoms with Crippen molar-refractivity contribution in [2.45, 2.75) is 0 Å². The normalized spacial score (nSPS) is 10.9. The minimum absolute atomic E-state index is 0.341. The molecule has 10 heteroatoms. The molecule has 2 heterocycles. The van der Waals surface area contributed by atoms with Crippen LogP contribution in [-0.4, -0.2) is 26.8 Å². The molecule has 2 rings (SSSR count). The number of hydrazone groups is 1. The van der Waals surface area contributed by atoms with Crippen LogP contribution in [0.3, 0.4) is 0 Å². The summed E-state index contributed by atoms with van der Waals surface area (Å²) in [5.74, 6) is -0.814. The fourth-order valence-electron chi connectivity index (χ4n) is 1.38. The number of nitro groups is 1. The first kappa shape index (κ1) is 13.8. The van der Waals surface area contributed by atoms with Crippen LogP contribution in [0.4, 0.5) is 10.1 Å². The van der Waals surface area contributed by atoms with Crippen molar-refractivity contribution in [1.29, 1.82) is 0 Å². The van der Waals surface area contributed by atoms with Crippen molar-refractivity contribution in [1.82, 2.24) is 15.2 Å². The summed E-state index contributed by atoms with van der Waals surface area (Å²) in [7, 11) is 1.46. The maximum Gasteiger partial charge on any atom is 0.320 e. The molecule has 0 fully saturated rings. The molecule has 0 bridgehead atoms. The zero-order chi connectivity index (χ0) is 14.7. The number of carbonyl (C=O) groups is 1. The van der Waals surface area contributed by atoms with Crippen LogP contribution >= 0.6 is 11.3 Å². The van der Waals surface area contributed by atoms with Gasteiger partial charge in [0.15, 0.2) is 5.13 Å². The van der Waals surface area contributed by atoms with Gasteiger partial charge in [-0.3, -0.25) is 19.6 Å². The third-order valence-corrected chi connectivity index (χ3v) is 2.98. The van der Waals surface area contributed by atoms with Crippen LogP contribution in [0, 0.1) is 15.2 Å². The van der Waals surface area contributed by atoms with E-state index in [9.17, 15) is 19.3 Å². The lowest BCUT2D eigenvalue weighted by Crippen LogP contribution is -2.19. The molecule has 8 nitrogen and oxygen atoms in total. The molecule has 0 aliphatic carbocycles. The molecule has 1 N–H and O–H groups in total. The first-order valence-electron chi connectivity index (χ1n) is 5.24. The summed E-state index contributed by atoms with van der Waals surface area (Å²) in [6.45, 7) is 0. The fourth-order valence-corrected chi connectivity index (χ4v) is 1.98. The fraction of sp³-hybridized carbons (Fsp3) is 0.100. The number of hydrogen-bond donors (Lipinski definition) is 1. The Morgan fingerprint density at radius 2 is 2.40 bits per heavy atom. The Morgan fingerprint density at radius 1 is 1.65 bits per heavy atom. The number of aryl methyl sites for hydroxylation is 1. The zero-order valence-corrected chi connectivity index (χ0v) is 10.9. The maximum atomic E-state index is 12.7. The van der Waals surface area contributed by atoms with E-state index < -0.39 is 16.5 Å². The summed E-state index contributed by atoms with van der Waals surface area (Å²) in [5.41, 5.74) is 1.34. The van der Waals surface area contributed by atoms with Gasteiger partial charge in [-0.25, -0.2) is 5.43 Å². The molecule has 0 aliphatic heterocycles. The maximum absolute atomic E-state index is 12.7. The number of aromatic nitrogens is 2. The molecule has 20 heavy (non-hydrogen) atoms. The van der Waals surface area contributed by atoms with Crippen LogP contribution in [-0.2, 0) is 7.05 Å². The number of amides is 1. The molecule has 2 aromatic heterocycles. The summed E-state index contributed by atoms with van der Waals surface area (Å²) in [6, 6.07) is 2.75. The number of rotatable bonds is 4. The lowest BCUT2D eigenvalue weighted by Gasteiger charge is -1.94. The molecule has 0 unspecified atom stereocenters. The van der Waals surface area contributed by atoms with E-state index in [-0.39, 0.29) is 10.8 Å². The predicted octanol–water partition coefficient (Wildman–Crippen LogP) is 1.29. The number of carbonyl (C=O) groups excluding carboxylic acids is 1. The first-order chi connectivity index (χ1) is 9.47. The Morgan fingerprint density at radius 3 is 3.00 bits per heavy atom. The van der Waals surface area contributed by atoms with Gasteiger partial charge in [-0.15, -0.1) is 11.3 Å². The van der Waals surface area contributed by atoms with Crippen molar-refractivity contribution >= 4 is 29.1 Å². The van der Waals surface area contributed by atoms with E-state index >= 15 is 0 Å². The average Bonchev–Trinajstić information content (AvgIpc) is 2.95.